The molecule has 2 bridgehead atoms. The van der Waals surface area contributed by atoms with Gasteiger partial charge in [-0.15, -0.1) is 0 Å². The molecule has 2 atom stereocenters. The summed E-state index contributed by atoms with van der Waals surface area (Å²) in [7, 11) is -1.87. The van der Waals surface area contributed by atoms with E-state index < -0.39 is 22.6 Å². The Hall–Kier alpha value is -2.97. The molecule has 2 aromatic carbocycles. The van der Waals surface area contributed by atoms with Crippen molar-refractivity contribution in [3.8, 4) is 0 Å². The van der Waals surface area contributed by atoms with Crippen LogP contribution in [0.4, 0.5) is 5.69 Å². The molecule has 1 aliphatic carbocycles. The third-order valence-corrected chi connectivity index (χ3v) is 10.5. The fourth-order valence-electron chi connectivity index (χ4n) is 7.28. The lowest BCUT2D eigenvalue weighted by atomic mass is 9.65. The number of hydrogen-bond acceptors (Lipinski definition) is 6. The van der Waals surface area contributed by atoms with Crippen LogP contribution in [0.5, 0.6) is 0 Å². The number of allylic oxidation sites excluding steroid dienone is 1. The Labute approximate surface area is 231 Å². The molecule has 0 N–H and O–H groups in total. The van der Waals surface area contributed by atoms with Gasteiger partial charge in [0.2, 0.25) is 10.0 Å². The van der Waals surface area contributed by atoms with E-state index in [4.69, 9.17) is 4.74 Å². The second kappa shape index (κ2) is 9.30. The van der Waals surface area contributed by atoms with E-state index >= 15 is 0 Å². The third kappa shape index (κ3) is 4.93. The molecule has 2 aliphatic heterocycles. The van der Waals surface area contributed by atoms with Crippen LogP contribution in [0.3, 0.4) is 0 Å². The number of sulfonamides is 1. The van der Waals surface area contributed by atoms with Crippen LogP contribution in [-0.2, 0) is 25.0 Å². The highest BCUT2D eigenvalue weighted by atomic mass is 32.2. The molecule has 0 unspecified atom stereocenters. The van der Waals surface area contributed by atoms with Crippen molar-refractivity contribution in [1.82, 2.24) is 4.31 Å². The molecule has 0 radical (unpaired) electrons. The van der Waals surface area contributed by atoms with Gasteiger partial charge in [0.1, 0.15) is 0 Å². The van der Waals surface area contributed by atoms with Gasteiger partial charge in [-0.3, -0.25) is 4.79 Å². The summed E-state index contributed by atoms with van der Waals surface area (Å²) < 4.78 is 34.3. The van der Waals surface area contributed by atoms with Gasteiger partial charge in [0.05, 0.1) is 10.5 Å². The number of ketones is 1. The van der Waals surface area contributed by atoms with Gasteiger partial charge in [0.15, 0.2) is 12.4 Å². The number of carbonyl (C=O) groups excluding carboxylic acids is 2. The Morgan fingerprint density at radius 2 is 1.74 bits per heavy atom. The normalized spacial score (nSPS) is 26.5. The molecular formula is C31H38N2O5S. The highest BCUT2D eigenvalue weighted by Crippen LogP contribution is 2.53. The predicted octanol–water partition coefficient (Wildman–Crippen LogP) is 5.31. The van der Waals surface area contributed by atoms with Gasteiger partial charge in [-0.25, -0.2) is 13.2 Å². The van der Waals surface area contributed by atoms with Crippen molar-refractivity contribution >= 4 is 27.5 Å². The molecule has 0 amide bonds. The van der Waals surface area contributed by atoms with Crippen LogP contribution in [0.1, 0.15) is 69.8 Å². The summed E-state index contributed by atoms with van der Waals surface area (Å²) in [6.07, 6.45) is 4.18. The largest absolute Gasteiger partial charge is 0.454 e. The van der Waals surface area contributed by atoms with Crippen LogP contribution in [-0.4, -0.2) is 50.7 Å². The van der Waals surface area contributed by atoms with E-state index in [1.54, 1.807) is 10.4 Å². The topological polar surface area (TPSA) is 84.0 Å². The molecule has 1 saturated carbocycles. The van der Waals surface area contributed by atoms with Crippen molar-refractivity contribution in [3.05, 3.63) is 71.4 Å². The number of benzene rings is 2. The van der Waals surface area contributed by atoms with Gasteiger partial charge in [0.25, 0.3) is 0 Å². The third-order valence-electron chi connectivity index (χ3n) is 8.63. The van der Waals surface area contributed by atoms with Gasteiger partial charge in [-0.2, -0.15) is 4.31 Å². The average Bonchev–Trinajstić information content (AvgIpc) is 3.24. The molecule has 0 spiro atoms. The highest BCUT2D eigenvalue weighted by molar-refractivity contribution is 7.89. The first-order chi connectivity index (χ1) is 18.1. The van der Waals surface area contributed by atoms with E-state index in [1.165, 1.54) is 24.3 Å². The van der Waals surface area contributed by atoms with Crippen molar-refractivity contribution < 1.29 is 22.7 Å². The summed E-state index contributed by atoms with van der Waals surface area (Å²) >= 11 is 0. The fraction of sp³-hybridized carbons (Fsp3) is 0.484. The van der Waals surface area contributed by atoms with Crippen molar-refractivity contribution in [2.75, 3.05) is 25.1 Å². The number of carbonyl (C=O) groups is 2. The first-order valence-electron chi connectivity index (χ1n) is 13.5. The average molecular weight is 551 g/mol. The molecule has 1 saturated heterocycles. The number of hydrogen-bond donors (Lipinski definition) is 0. The Morgan fingerprint density at radius 1 is 1.03 bits per heavy atom. The first-order valence-corrected chi connectivity index (χ1v) is 14.9. The monoisotopic (exact) mass is 550 g/mol. The summed E-state index contributed by atoms with van der Waals surface area (Å²) in [5.41, 5.74) is 2.77. The predicted molar refractivity (Wildman–Crippen MR) is 151 cm³/mol. The van der Waals surface area contributed by atoms with Gasteiger partial charge < -0.3 is 9.64 Å². The number of likely N-dealkylation sites (N-methyl/N-ethyl adjacent to an activating group) is 1. The highest BCUT2D eigenvalue weighted by Gasteiger charge is 2.53. The quantitative estimate of drug-likeness (QED) is 0.358. The Morgan fingerprint density at radius 3 is 2.46 bits per heavy atom. The Bertz CT molecular complexity index is 1480. The molecule has 7 nitrogen and oxygen atoms in total. The van der Waals surface area contributed by atoms with Crippen molar-refractivity contribution in [3.63, 3.8) is 0 Å². The summed E-state index contributed by atoms with van der Waals surface area (Å²) in [4.78, 5) is 27.7. The zero-order chi connectivity index (χ0) is 28.4. The first kappa shape index (κ1) is 27.6. The Balaban J connectivity index is 1.29. The zero-order valence-electron chi connectivity index (χ0n) is 23.7. The lowest BCUT2D eigenvalue weighted by Gasteiger charge is -2.39. The maximum atomic E-state index is 13.7. The minimum atomic E-state index is -3.79. The maximum absolute atomic E-state index is 13.7. The standard InChI is InChI=1S/C31H38N2O5S/c1-29(2)16-22-17-31(5,19-29)20-33(22)39(36,37)24-11-9-10-21(14-24)28(35)38-18-23(34)15-27-30(3,4)25-12-7-8-13-26(25)32(27)6/h7-15,22H,16-20H2,1-6H3/b27-15-/t22-,31-/m1/s1. The summed E-state index contributed by atoms with van der Waals surface area (Å²) in [6.45, 7) is 10.7. The zero-order valence-corrected chi connectivity index (χ0v) is 24.5. The number of rotatable bonds is 6. The number of ether oxygens (including phenoxy) is 1. The smallest absolute Gasteiger partial charge is 0.338 e. The minimum absolute atomic E-state index is 0.0471. The van der Waals surface area contributed by atoms with E-state index in [2.05, 4.69) is 40.7 Å². The summed E-state index contributed by atoms with van der Waals surface area (Å²) in [5.74, 6) is -1.07. The van der Waals surface area contributed by atoms with E-state index in [-0.39, 0.29) is 38.5 Å². The maximum Gasteiger partial charge on any atom is 0.338 e. The molecule has 0 aromatic heterocycles. The van der Waals surface area contributed by atoms with E-state index in [0.29, 0.717) is 6.54 Å². The molecule has 208 valence electrons. The minimum Gasteiger partial charge on any atom is -0.454 e. The molecular weight excluding hydrogens is 512 g/mol. The van der Waals surface area contributed by atoms with Crippen LogP contribution in [0, 0.1) is 10.8 Å². The van der Waals surface area contributed by atoms with Crippen LogP contribution in [0.2, 0.25) is 0 Å². The van der Waals surface area contributed by atoms with Crippen molar-refractivity contribution in [1.29, 1.82) is 0 Å². The van der Waals surface area contributed by atoms with Crippen LogP contribution >= 0.6 is 0 Å². The lowest BCUT2D eigenvalue weighted by Crippen LogP contribution is -2.37. The van der Waals surface area contributed by atoms with E-state index in [1.807, 2.05) is 30.1 Å². The molecule has 39 heavy (non-hydrogen) atoms. The summed E-state index contributed by atoms with van der Waals surface area (Å²) in [6, 6.07) is 13.9. The number of para-hydroxylation sites is 1. The number of nitrogens with zero attached hydrogens (tertiary/aromatic N) is 2. The van der Waals surface area contributed by atoms with Crippen LogP contribution in [0.25, 0.3) is 0 Å². The van der Waals surface area contributed by atoms with Gasteiger partial charge in [-0.1, -0.05) is 58.9 Å². The van der Waals surface area contributed by atoms with E-state index in [9.17, 15) is 18.0 Å². The van der Waals surface area contributed by atoms with Crippen molar-refractivity contribution in [2.45, 2.75) is 70.2 Å². The van der Waals surface area contributed by atoms with E-state index in [0.717, 1.165) is 36.2 Å². The van der Waals surface area contributed by atoms with Crippen molar-refractivity contribution in [2.24, 2.45) is 10.8 Å². The van der Waals surface area contributed by atoms with Gasteiger partial charge in [-0.05, 0) is 59.9 Å². The molecule has 2 heterocycles. The molecule has 8 heteroatoms. The SMILES string of the molecule is CN1/C(=C\C(=O)COC(=O)c2cccc(S(=O)(=O)N3C[C@]4(C)C[C@H]3CC(C)(C)C4)c2)C(C)(C)c2ccccc21. The van der Waals surface area contributed by atoms with Gasteiger partial charge in [0, 0.05) is 42.5 Å². The van der Waals surface area contributed by atoms with Gasteiger partial charge >= 0.3 is 5.97 Å². The van der Waals surface area contributed by atoms with Crippen LogP contribution in [0.15, 0.2) is 65.2 Å². The number of fused-ring (bicyclic) bond motifs is 3. The molecule has 5 rings (SSSR count). The summed E-state index contributed by atoms with van der Waals surface area (Å²) in [5, 5.41) is 0. The number of esters is 1. The fourth-order valence-corrected chi connectivity index (χ4v) is 9.10. The molecule has 2 aromatic rings. The molecule has 2 fully saturated rings. The second-order valence-corrected chi connectivity index (χ2v) is 15.0. The second-order valence-electron chi connectivity index (χ2n) is 13.1. The molecule has 3 aliphatic rings. The van der Waals surface area contributed by atoms with Crippen LogP contribution < -0.4 is 4.90 Å². The lowest BCUT2D eigenvalue weighted by molar-refractivity contribution is -0.117. The number of anilines is 1. The Kier molecular flexibility index (Phi) is 6.58.